The molecule has 0 saturated heterocycles. The number of aryl methyl sites for hydroxylation is 1. The molecule has 2 N–H and O–H groups in total. The van der Waals surface area contributed by atoms with Gasteiger partial charge in [0.15, 0.2) is 0 Å². The van der Waals surface area contributed by atoms with Crippen molar-refractivity contribution in [3.63, 3.8) is 0 Å². The maximum absolute atomic E-state index is 11.0. The molecule has 0 amide bonds. The molecule has 1 heterocycles. The van der Waals surface area contributed by atoms with Crippen LogP contribution in [0.1, 0.15) is 16.7 Å². The molecule has 108 valence electrons. The van der Waals surface area contributed by atoms with Crippen LogP contribution in [0.15, 0.2) is 36.4 Å². The number of hydrogen-bond acceptors (Lipinski definition) is 4. The Morgan fingerprint density at radius 3 is 2.86 bits per heavy atom. The van der Waals surface area contributed by atoms with Crippen LogP contribution >= 0.6 is 0 Å². The molecule has 0 bridgehead atoms. The van der Waals surface area contributed by atoms with E-state index < -0.39 is 0 Å². The second-order valence-electron chi connectivity index (χ2n) is 5.38. The highest BCUT2D eigenvalue weighted by Crippen LogP contribution is 2.31. The highest BCUT2D eigenvalue weighted by Gasteiger charge is 2.21. The zero-order chi connectivity index (χ0) is 15.0. The molecule has 0 aliphatic carbocycles. The predicted molar refractivity (Wildman–Crippen MR) is 83.4 cm³/mol. The van der Waals surface area contributed by atoms with Gasteiger partial charge in [-0.15, -0.1) is 0 Å². The number of nitro benzene ring substituents is 1. The summed E-state index contributed by atoms with van der Waals surface area (Å²) in [5, 5.41) is 11.0. The number of nitrogens with zero attached hydrogens (tertiary/aromatic N) is 2. The number of non-ortho nitro benzene ring substituents is 1. The van der Waals surface area contributed by atoms with Crippen LogP contribution in [0.5, 0.6) is 0 Å². The normalized spacial score (nSPS) is 13.9. The Morgan fingerprint density at radius 1 is 1.29 bits per heavy atom. The van der Waals surface area contributed by atoms with Crippen molar-refractivity contribution in [3.8, 4) is 0 Å². The highest BCUT2D eigenvalue weighted by molar-refractivity contribution is 5.62. The number of rotatable bonds is 2. The van der Waals surface area contributed by atoms with Crippen molar-refractivity contribution < 1.29 is 4.92 Å². The lowest BCUT2D eigenvalue weighted by Crippen LogP contribution is -2.31. The summed E-state index contributed by atoms with van der Waals surface area (Å²) >= 11 is 0. The van der Waals surface area contributed by atoms with Gasteiger partial charge in [0.05, 0.1) is 4.92 Å². The van der Waals surface area contributed by atoms with E-state index >= 15 is 0 Å². The third-order valence-corrected chi connectivity index (χ3v) is 4.05. The van der Waals surface area contributed by atoms with Crippen LogP contribution in [-0.4, -0.2) is 11.5 Å². The minimum Gasteiger partial charge on any atom is -0.398 e. The summed E-state index contributed by atoms with van der Waals surface area (Å²) < 4.78 is 0. The number of nitrogens with two attached hydrogens (primary N) is 1. The van der Waals surface area contributed by atoms with Gasteiger partial charge in [-0.2, -0.15) is 0 Å². The molecular weight excluding hydrogens is 266 g/mol. The largest absolute Gasteiger partial charge is 0.398 e. The quantitative estimate of drug-likeness (QED) is 0.522. The number of benzene rings is 2. The molecule has 0 spiro atoms. The lowest BCUT2D eigenvalue weighted by molar-refractivity contribution is -0.384. The minimum atomic E-state index is -0.348. The fraction of sp³-hybridized carbons (Fsp3) is 0.250. The van der Waals surface area contributed by atoms with Gasteiger partial charge in [-0.1, -0.05) is 18.2 Å². The summed E-state index contributed by atoms with van der Waals surface area (Å²) in [6.07, 6.45) is 0.865. The van der Waals surface area contributed by atoms with Gasteiger partial charge in [-0.25, -0.2) is 0 Å². The van der Waals surface area contributed by atoms with Crippen molar-refractivity contribution in [2.24, 2.45) is 0 Å². The van der Waals surface area contributed by atoms with Gasteiger partial charge in [0.1, 0.15) is 0 Å². The van der Waals surface area contributed by atoms with E-state index in [-0.39, 0.29) is 10.6 Å². The van der Waals surface area contributed by atoms with Gasteiger partial charge in [-0.3, -0.25) is 10.1 Å². The smallest absolute Gasteiger partial charge is 0.271 e. The highest BCUT2D eigenvalue weighted by atomic mass is 16.6. The maximum Gasteiger partial charge on any atom is 0.271 e. The van der Waals surface area contributed by atoms with Gasteiger partial charge in [0.2, 0.25) is 0 Å². The van der Waals surface area contributed by atoms with Crippen molar-refractivity contribution in [2.75, 3.05) is 17.2 Å². The summed E-state index contributed by atoms with van der Waals surface area (Å²) in [4.78, 5) is 12.8. The van der Waals surface area contributed by atoms with Crippen molar-refractivity contribution in [2.45, 2.75) is 19.9 Å². The molecular formula is C16H17N3O2. The molecule has 2 aromatic rings. The van der Waals surface area contributed by atoms with Gasteiger partial charge >= 0.3 is 0 Å². The molecule has 5 nitrogen and oxygen atoms in total. The van der Waals surface area contributed by atoms with Gasteiger partial charge < -0.3 is 10.6 Å². The van der Waals surface area contributed by atoms with E-state index in [4.69, 9.17) is 5.73 Å². The van der Waals surface area contributed by atoms with E-state index in [9.17, 15) is 10.1 Å². The topological polar surface area (TPSA) is 72.4 Å². The molecule has 0 unspecified atom stereocenters. The van der Waals surface area contributed by atoms with Crippen molar-refractivity contribution in [3.05, 3.63) is 63.2 Å². The molecule has 5 heteroatoms. The average molecular weight is 283 g/mol. The van der Waals surface area contributed by atoms with Crippen molar-refractivity contribution in [1.29, 1.82) is 0 Å². The number of anilines is 2. The first-order valence-corrected chi connectivity index (χ1v) is 6.92. The summed E-state index contributed by atoms with van der Waals surface area (Å²) in [6, 6.07) is 11.0. The zero-order valence-electron chi connectivity index (χ0n) is 11.9. The molecule has 1 aliphatic heterocycles. The third kappa shape index (κ3) is 2.42. The Hall–Kier alpha value is -2.56. The molecule has 0 saturated carbocycles. The number of hydrogen-bond donors (Lipinski definition) is 1. The zero-order valence-corrected chi connectivity index (χ0v) is 11.9. The molecule has 0 atom stereocenters. The number of fused-ring (bicyclic) bond motifs is 1. The first-order chi connectivity index (χ1) is 10.1. The minimum absolute atomic E-state index is 0.133. The Morgan fingerprint density at radius 2 is 2.10 bits per heavy atom. The van der Waals surface area contributed by atoms with E-state index in [1.807, 2.05) is 25.1 Å². The summed E-state index contributed by atoms with van der Waals surface area (Å²) in [5.41, 5.74) is 11.4. The van der Waals surface area contributed by atoms with Crippen LogP contribution in [-0.2, 0) is 13.0 Å². The summed E-state index contributed by atoms with van der Waals surface area (Å²) in [6.45, 7) is 3.54. The summed E-state index contributed by atoms with van der Waals surface area (Å²) in [5.74, 6) is 0. The Kier molecular flexibility index (Phi) is 3.25. The van der Waals surface area contributed by atoms with Gasteiger partial charge in [-0.05, 0) is 36.1 Å². The van der Waals surface area contributed by atoms with E-state index in [1.165, 1.54) is 11.1 Å². The van der Waals surface area contributed by atoms with E-state index in [2.05, 4.69) is 11.0 Å². The van der Waals surface area contributed by atoms with Crippen LogP contribution in [0.2, 0.25) is 0 Å². The SMILES string of the molecule is Cc1ccc([N+](=O)[O-])cc1N1CCc2c(N)cccc2C1. The van der Waals surface area contributed by atoms with E-state index in [0.717, 1.165) is 36.4 Å². The standard InChI is InChI=1S/C16H17N3O2/c1-11-5-6-13(19(20)21)9-16(11)18-8-7-14-12(10-18)3-2-4-15(14)17/h2-6,9H,7-8,10,17H2,1H3. The van der Waals surface area contributed by atoms with Crippen LogP contribution < -0.4 is 10.6 Å². The fourth-order valence-corrected chi connectivity index (χ4v) is 2.90. The second kappa shape index (κ2) is 5.09. The van der Waals surface area contributed by atoms with Crippen LogP contribution in [0.3, 0.4) is 0 Å². The average Bonchev–Trinajstić information content (AvgIpc) is 2.47. The van der Waals surface area contributed by atoms with Crippen LogP contribution in [0.25, 0.3) is 0 Å². The predicted octanol–water partition coefficient (Wildman–Crippen LogP) is 3.05. The second-order valence-corrected chi connectivity index (χ2v) is 5.38. The molecule has 1 aliphatic rings. The van der Waals surface area contributed by atoms with Crippen molar-refractivity contribution >= 4 is 17.1 Å². The first-order valence-electron chi connectivity index (χ1n) is 6.92. The van der Waals surface area contributed by atoms with Crippen molar-refractivity contribution in [1.82, 2.24) is 0 Å². The monoisotopic (exact) mass is 283 g/mol. The van der Waals surface area contributed by atoms with Crippen LogP contribution in [0.4, 0.5) is 17.1 Å². The van der Waals surface area contributed by atoms with E-state index in [0.29, 0.717) is 0 Å². The van der Waals surface area contributed by atoms with E-state index in [1.54, 1.807) is 12.1 Å². The molecule has 2 aromatic carbocycles. The molecule has 21 heavy (non-hydrogen) atoms. The Balaban J connectivity index is 1.96. The molecule has 0 fully saturated rings. The number of nitro groups is 1. The Bertz CT molecular complexity index is 713. The molecule has 0 aromatic heterocycles. The Labute approximate surface area is 123 Å². The van der Waals surface area contributed by atoms with Crippen LogP contribution in [0, 0.1) is 17.0 Å². The van der Waals surface area contributed by atoms with Gasteiger partial charge in [0, 0.05) is 36.6 Å². The number of nitrogen functional groups attached to an aromatic ring is 1. The molecule has 0 radical (unpaired) electrons. The lowest BCUT2D eigenvalue weighted by atomic mass is 9.97. The maximum atomic E-state index is 11.0. The first kappa shape index (κ1) is 13.4. The summed E-state index contributed by atoms with van der Waals surface area (Å²) in [7, 11) is 0. The fourth-order valence-electron chi connectivity index (χ4n) is 2.90. The third-order valence-electron chi connectivity index (χ3n) is 4.05. The molecule has 3 rings (SSSR count). The lowest BCUT2D eigenvalue weighted by Gasteiger charge is -2.32. The van der Waals surface area contributed by atoms with Gasteiger partial charge in [0.25, 0.3) is 5.69 Å².